The van der Waals surface area contributed by atoms with Gasteiger partial charge < -0.3 is 15.0 Å². The van der Waals surface area contributed by atoms with Crippen LogP contribution in [0.5, 0.6) is 5.75 Å². The van der Waals surface area contributed by atoms with Gasteiger partial charge in [-0.15, -0.1) is 0 Å². The Hall–Kier alpha value is -2.50. The molecule has 3 saturated carbocycles. The summed E-state index contributed by atoms with van der Waals surface area (Å²) < 4.78 is 11.9. The molecule has 0 amide bonds. The normalized spacial score (nSPS) is 37.3. The van der Waals surface area contributed by atoms with Gasteiger partial charge in [0.15, 0.2) is 0 Å². The minimum Gasteiger partial charge on any atom is -0.493 e. The van der Waals surface area contributed by atoms with Gasteiger partial charge in [0.2, 0.25) is 0 Å². The molecule has 0 radical (unpaired) electrons. The van der Waals surface area contributed by atoms with Crippen molar-refractivity contribution in [2.45, 2.75) is 78.2 Å². The van der Waals surface area contributed by atoms with E-state index in [0.717, 1.165) is 30.4 Å². The Morgan fingerprint density at radius 2 is 2.03 bits per heavy atom. The van der Waals surface area contributed by atoms with E-state index >= 15 is 0 Å². The van der Waals surface area contributed by atoms with E-state index in [4.69, 9.17) is 15.0 Å². The van der Waals surface area contributed by atoms with Crippen molar-refractivity contribution in [3.8, 4) is 5.75 Å². The van der Waals surface area contributed by atoms with Gasteiger partial charge >= 0.3 is 0 Å². The number of methoxy groups -OCH3 is 1. The summed E-state index contributed by atoms with van der Waals surface area (Å²) in [6.45, 7) is 7.98. The molecule has 0 spiro atoms. The quantitative estimate of drug-likeness (QED) is 0.101. The van der Waals surface area contributed by atoms with Crippen molar-refractivity contribution in [1.29, 1.82) is 0 Å². The minimum absolute atomic E-state index is 0.102. The van der Waals surface area contributed by atoms with Crippen molar-refractivity contribution in [1.82, 2.24) is 0 Å². The summed E-state index contributed by atoms with van der Waals surface area (Å²) in [4.78, 5) is 13.8. The van der Waals surface area contributed by atoms with Crippen molar-refractivity contribution in [2.75, 3.05) is 13.7 Å². The van der Waals surface area contributed by atoms with Crippen LogP contribution in [0.3, 0.4) is 0 Å². The maximum Gasteiger partial charge on any atom is 0.294 e. The molecule has 200 valence electrons. The van der Waals surface area contributed by atoms with Crippen molar-refractivity contribution < 1.29 is 19.2 Å². The van der Waals surface area contributed by atoms with Crippen LogP contribution in [0.2, 0.25) is 0 Å². The van der Waals surface area contributed by atoms with Crippen LogP contribution in [-0.4, -0.2) is 35.7 Å². The summed E-state index contributed by atoms with van der Waals surface area (Å²) in [5.74, 6) is 3.90. The zero-order valence-electron chi connectivity index (χ0n) is 22.7. The molecule has 5 rings (SSSR count). The Morgan fingerprint density at radius 3 is 2.76 bits per heavy atom. The number of nitrogens with zero attached hydrogens (tertiary/aromatic N) is 3. The first-order valence-corrected chi connectivity index (χ1v) is 14.0. The van der Waals surface area contributed by atoms with Gasteiger partial charge in [-0.2, -0.15) is 4.79 Å². The molecule has 0 unspecified atom stereocenters. The number of benzene rings is 1. The lowest BCUT2D eigenvalue weighted by atomic mass is 9.47. The monoisotopic (exact) mass is 507 g/mol. The van der Waals surface area contributed by atoms with Crippen LogP contribution >= 0.6 is 0 Å². The van der Waals surface area contributed by atoms with Crippen molar-refractivity contribution in [3.05, 3.63) is 51.1 Å². The predicted octanol–water partition coefficient (Wildman–Crippen LogP) is 6.85. The van der Waals surface area contributed by atoms with Gasteiger partial charge in [-0.25, -0.2) is 0 Å². The van der Waals surface area contributed by atoms with E-state index in [-0.39, 0.29) is 11.3 Å². The van der Waals surface area contributed by atoms with Crippen molar-refractivity contribution in [2.24, 2.45) is 40.4 Å². The third-order valence-corrected chi connectivity index (χ3v) is 11.1. The molecular formula is C30H41N3O4. The molecule has 3 fully saturated rings. The van der Waals surface area contributed by atoms with Gasteiger partial charge in [-0.1, -0.05) is 32.4 Å². The Kier molecular flexibility index (Phi) is 7.06. The number of hydrogen-bond donors (Lipinski definition) is 0. The lowest BCUT2D eigenvalue weighted by Gasteiger charge is -2.58. The average molecular weight is 508 g/mol. The standard InChI is InChI=1S/C30H41N3O4/c1-19(18-37-23-6-10-28(33(34)35)20(15-23)17-32-31)25-8-9-26-24-7-5-21-16-22(36-4)11-13-29(21,2)27(24)12-14-30(25,26)3/h5-6,10,15,17,19,22,24-27H,7-9,11-14,16,18H2,1-4H3/t19-,22+,24+,25-,26+,27+,29+,30-/m1/s1. The van der Waals surface area contributed by atoms with E-state index in [2.05, 4.69) is 31.6 Å². The van der Waals surface area contributed by atoms with Crippen molar-refractivity contribution in [3.63, 3.8) is 0 Å². The molecule has 0 aliphatic heterocycles. The van der Waals surface area contributed by atoms with Gasteiger partial charge in [-0.05, 0) is 97.9 Å². The van der Waals surface area contributed by atoms with Gasteiger partial charge in [0.25, 0.3) is 11.9 Å². The lowest BCUT2D eigenvalue weighted by molar-refractivity contribution is -0.385. The van der Waals surface area contributed by atoms with Crippen LogP contribution in [0.25, 0.3) is 5.53 Å². The minimum atomic E-state index is -0.480. The second-order valence-corrected chi connectivity index (χ2v) is 12.6. The SMILES string of the molecule is CO[C@H]1CC[C@@]2(C)C(=CC[C@H]3[C@@H]4CC[C@H]([C@H](C)COc5ccc([N+](=O)[O-])c(C=[N+]=[N-])c5)[C@@]4(C)CC[C@@H]32)C1. The topological polar surface area (TPSA) is 98.0 Å². The number of hydrogen-bond acceptors (Lipinski definition) is 4. The molecule has 1 aromatic rings. The van der Waals surface area contributed by atoms with Gasteiger partial charge in [0.05, 0.1) is 17.6 Å². The Labute approximate surface area is 220 Å². The summed E-state index contributed by atoms with van der Waals surface area (Å²) in [5, 5.41) is 11.3. The summed E-state index contributed by atoms with van der Waals surface area (Å²) in [6.07, 6.45) is 14.0. The summed E-state index contributed by atoms with van der Waals surface area (Å²) in [7, 11) is 1.86. The zero-order chi connectivity index (χ0) is 26.4. The number of fused-ring (bicyclic) bond motifs is 5. The van der Waals surface area contributed by atoms with Gasteiger partial charge in [0.1, 0.15) is 11.3 Å². The summed E-state index contributed by atoms with van der Waals surface area (Å²) >= 11 is 0. The molecule has 0 N–H and O–H groups in total. The lowest BCUT2D eigenvalue weighted by Crippen LogP contribution is -2.51. The molecule has 1 aromatic carbocycles. The Bertz CT molecular complexity index is 1130. The Balaban J connectivity index is 1.28. The van der Waals surface area contributed by atoms with E-state index < -0.39 is 4.92 Å². The second kappa shape index (κ2) is 9.99. The highest BCUT2D eigenvalue weighted by atomic mass is 16.6. The molecule has 37 heavy (non-hydrogen) atoms. The fraction of sp³-hybridized carbons (Fsp3) is 0.700. The molecular weight excluding hydrogens is 466 g/mol. The van der Waals surface area contributed by atoms with Crippen LogP contribution in [0, 0.1) is 50.5 Å². The maximum absolute atomic E-state index is 11.3. The Morgan fingerprint density at radius 1 is 1.22 bits per heavy atom. The second-order valence-electron chi connectivity index (χ2n) is 12.6. The molecule has 7 heteroatoms. The fourth-order valence-electron chi connectivity index (χ4n) is 9.10. The van der Waals surface area contributed by atoms with E-state index in [1.165, 1.54) is 51.0 Å². The van der Waals surface area contributed by atoms with E-state index in [1.807, 2.05) is 7.11 Å². The third kappa shape index (κ3) is 4.44. The van der Waals surface area contributed by atoms with E-state index in [9.17, 15) is 10.1 Å². The van der Waals surface area contributed by atoms with Gasteiger partial charge in [0, 0.05) is 19.2 Å². The summed E-state index contributed by atoms with van der Waals surface area (Å²) in [5.41, 5.74) is 11.4. The highest BCUT2D eigenvalue weighted by Gasteiger charge is 2.59. The molecule has 0 heterocycles. The first kappa shape index (κ1) is 26.1. The van der Waals surface area contributed by atoms with Gasteiger partial charge in [-0.3, -0.25) is 10.1 Å². The fourth-order valence-corrected chi connectivity index (χ4v) is 9.10. The largest absolute Gasteiger partial charge is 0.493 e. The third-order valence-electron chi connectivity index (χ3n) is 11.1. The number of nitro benzene ring substituents is 1. The number of rotatable bonds is 7. The highest BCUT2D eigenvalue weighted by molar-refractivity contribution is 5.82. The molecule has 8 atom stereocenters. The molecule has 4 aliphatic rings. The summed E-state index contributed by atoms with van der Waals surface area (Å²) in [6, 6.07) is 4.63. The number of ether oxygens (including phenoxy) is 2. The maximum atomic E-state index is 11.3. The van der Waals surface area contributed by atoms with Crippen LogP contribution in [0.1, 0.15) is 77.7 Å². The molecule has 0 aromatic heterocycles. The van der Waals surface area contributed by atoms with E-state index in [0.29, 0.717) is 41.1 Å². The molecule has 0 saturated heterocycles. The average Bonchev–Trinajstić information content (AvgIpc) is 3.24. The van der Waals surface area contributed by atoms with Crippen LogP contribution in [0.15, 0.2) is 29.8 Å². The number of nitro groups is 1. The number of allylic oxidation sites excluding steroid dienone is 1. The molecule has 0 bridgehead atoms. The molecule has 7 nitrogen and oxygen atoms in total. The van der Waals surface area contributed by atoms with Crippen LogP contribution in [-0.2, 0) is 4.74 Å². The first-order chi connectivity index (χ1) is 17.7. The first-order valence-electron chi connectivity index (χ1n) is 14.0. The smallest absolute Gasteiger partial charge is 0.294 e. The highest BCUT2D eigenvalue weighted by Crippen LogP contribution is 2.67. The van der Waals surface area contributed by atoms with Crippen LogP contribution in [0.4, 0.5) is 5.69 Å². The zero-order valence-corrected chi connectivity index (χ0v) is 22.7. The van der Waals surface area contributed by atoms with E-state index in [1.54, 1.807) is 17.7 Å². The van der Waals surface area contributed by atoms with Crippen molar-refractivity contribution >= 4 is 11.9 Å². The predicted molar refractivity (Wildman–Crippen MR) is 143 cm³/mol. The van der Waals surface area contributed by atoms with Crippen LogP contribution < -0.4 is 4.74 Å². The molecule has 4 aliphatic carbocycles.